The van der Waals surface area contributed by atoms with Gasteiger partial charge < -0.3 is 10.1 Å². The Hall–Kier alpha value is -2.36. The minimum absolute atomic E-state index is 0.171. The standard InChI is InChI=1S/C18H20FNO2/c1-3-17(22-16-10-8-15(19)9-11-16)18(21)20-12-14-7-5-4-6-13(14)2/h4-11,17H,3,12H2,1-2H3,(H,20,21)/t17-/m0/s1. The molecule has 1 atom stereocenters. The van der Waals surface area contributed by atoms with Gasteiger partial charge in [0.25, 0.3) is 5.91 Å². The summed E-state index contributed by atoms with van der Waals surface area (Å²) in [6.07, 6.45) is -0.0498. The van der Waals surface area contributed by atoms with Gasteiger partial charge in [-0.25, -0.2) is 4.39 Å². The van der Waals surface area contributed by atoms with Crippen molar-refractivity contribution in [1.29, 1.82) is 0 Å². The molecule has 22 heavy (non-hydrogen) atoms. The second kappa shape index (κ2) is 7.59. The number of rotatable bonds is 6. The lowest BCUT2D eigenvalue weighted by molar-refractivity contribution is -0.128. The molecule has 0 bridgehead atoms. The van der Waals surface area contributed by atoms with Crippen molar-refractivity contribution in [2.45, 2.75) is 32.9 Å². The number of nitrogens with one attached hydrogen (secondary N) is 1. The van der Waals surface area contributed by atoms with E-state index in [0.717, 1.165) is 11.1 Å². The lowest BCUT2D eigenvalue weighted by Gasteiger charge is -2.17. The molecule has 0 aliphatic carbocycles. The van der Waals surface area contributed by atoms with Crippen molar-refractivity contribution in [1.82, 2.24) is 5.32 Å². The minimum Gasteiger partial charge on any atom is -0.481 e. The van der Waals surface area contributed by atoms with Gasteiger partial charge in [-0.1, -0.05) is 31.2 Å². The highest BCUT2D eigenvalue weighted by atomic mass is 19.1. The fourth-order valence-electron chi connectivity index (χ4n) is 2.10. The Morgan fingerprint density at radius 1 is 1.18 bits per heavy atom. The molecule has 2 aromatic rings. The van der Waals surface area contributed by atoms with Crippen molar-refractivity contribution in [2.75, 3.05) is 0 Å². The Morgan fingerprint density at radius 2 is 1.86 bits per heavy atom. The molecule has 1 N–H and O–H groups in total. The molecule has 0 aromatic heterocycles. The van der Waals surface area contributed by atoms with Crippen LogP contribution in [0.25, 0.3) is 0 Å². The van der Waals surface area contributed by atoms with Crippen molar-refractivity contribution in [3.05, 3.63) is 65.5 Å². The monoisotopic (exact) mass is 301 g/mol. The van der Waals surface area contributed by atoms with Crippen molar-refractivity contribution < 1.29 is 13.9 Å². The first-order valence-electron chi connectivity index (χ1n) is 7.34. The van der Waals surface area contributed by atoms with E-state index in [1.165, 1.54) is 24.3 Å². The van der Waals surface area contributed by atoms with E-state index < -0.39 is 6.10 Å². The SMILES string of the molecule is CC[C@H](Oc1ccc(F)cc1)C(=O)NCc1ccccc1C. The van der Waals surface area contributed by atoms with Crippen LogP contribution in [0, 0.1) is 12.7 Å². The summed E-state index contributed by atoms with van der Waals surface area (Å²) >= 11 is 0. The molecule has 0 aliphatic rings. The van der Waals surface area contributed by atoms with Crippen molar-refractivity contribution >= 4 is 5.91 Å². The maximum atomic E-state index is 12.9. The second-order valence-electron chi connectivity index (χ2n) is 5.11. The lowest BCUT2D eigenvalue weighted by atomic mass is 10.1. The fourth-order valence-corrected chi connectivity index (χ4v) is 2.10. The van der Waals surface area contributed by atoms with E-state index in [1.807, 2.05) is 38.1 Å². The van der Waals surface area contributed by atoms with Crippen LogP contribution in [0.3, 0.4) is 0 Å². The van der Waals surface area contributed by atoms with Crippen molar-refractivity contribution in [2.24, 2.45) is 0 Å². The average molecular weight is 301 g/mol. The fraction of sp³-hybridized carbons (Fsp3) is 0.278. The summed E-state index contributed by atoms with van der Waals surface area (Å²) in [5.74, 6) is -0.0150. The van der Waals surface area contributed by atoms with E-state index >= 15 is 0 Å². The Bertz CT molecular complexity index is 625. The summed E-state index contributed by atoms with van der Waals surface area (Å²) in [6.45, 7) is 4.35. The van der Waals surface area contributed by atoms with Crippen LogP contribution in [0.2, 0.25) is 0 Å². The average Bonchev–Trinajstić information content (AvgIpc) is 2.53. The lowest BCUT2D eigenvalue weighted by Crippen LogP contribution is -2.37. The largest absolute Gasteiger partial charge is 0.481 e. The number of ether oxygens (including phenoxy) is 1. The van der Waals surface area contributed by atoms with E-state index in [2.05, 4.69) is 5.32 Å². The van der Waals surface area contributed by atoms with Gasteiger partial charge in [0.15, 0.2) is 6.10 Å². The van der Waals surface area contributed by atoms with E-state index in [4.69, 9.17) is 4.74 Å². The predicted octanol–water partition coefficient (Wildman–Crippen LogP) is 3.61. The Balaban J connectivity index is 1.94. The molecule has 0 saturated carbocycles. The third kappa shape index (κ3) is 4.32. The van der Waals surface area contributed by atoms with E-state index in [0.29, 0.717) is 18.7 Å². The van der Waals surface area contributed by atoms with Crippen LogP contribution in [0.1, 0.15) is 24.5 Å². The van der Waals surface area contributed by atoms with E-state index in [9.17, 15) is 9.18 Å². The highest BCUT2D eigenvalue weighted by molar-refractivity contribution is 5.81. The first-order valence-corrected chi connectivity index (χ1v) is 7.34. The van der Waals surface area contributed by atoms with Crippen LogP contribution in [0.5, 0.6) is 5.75 Å². The Morgan fingerprint density at radius 3 is 2.50 bits per heavy atom. The summed E-state index contributed by atoms with van der Waals surface area (Å²) in [5, 5.41) is 2.88. The van der Waals surface area contributed by atoms with Crippen LogP contribution in [-0.4, -0.2) is 12.0 Å². The summed E-state index contributed by atoms with van der Waals surface area (Å²) in [5.41, 5.74) is 2.21. The van der Waals surface area contributed by atoms with Gasteiger partial charge in [-0.2, -0.15) is 0 Å². The zero-order valence-electron chi connectivity index (χ0n) is 12.8. The summed E-state index contributed by atoms with van der Waals surface area (Å²) in [4.78, 5) is 12.2. The normalized spacial score (nSPS) is 11.8. The van der Waals surface area contributed by atoms with Crippen LogP contribution in [0.4, 0.5) is 4.39 Å². The summed E-state index contributed by atoms with van der Waals surface area (Å²) in [7, 11) is 0. The molecule has 3 nitrogen and oxygen atoms in total. The smallest absolute Gasteiger partial charge is 0.261 e. The molecule has 2 aromatic carbocycles. The Kier molecular flexibility index (Phi) is 5.53. The van der Waals surface area contributed by atoms with Crippen LogP contribution in [0.15, 0.2) is 48.5 Å². The maximum absolute atomic E-state index is 12.9. The predicted molar refractivity (Wildman–Crippen MR) is 84.1 cm³/mol. The van der Waals surface area contributed by atoms with Gasteiger partial charge in [-0.05, 0) is 48.7 Å². The molecule has 116 valence electrons. The van der Waals surface area contributed by atoms with Crippen LogP contribution < -0.4 is 10.1 Å². The minimum atomic E-state index is -0.588. The molecule has 4 heteroatoms. The number of aryl methyl sites for hydroxylation is 1. The van der Waals surface area contributed by atoms with Crippen LogP contribution in [-0.2, 0) is 11.3 Å². The third-order valence-electron chi connectivity index (χ3n) is 3.47. The molecule has 0 unspecified atom stereocenters. The van der Waals surface area contributed by atoms with Gasteiger partial charge in [0.05, 0.1) is 0 Å². The van der Waals surface area contributed by atoms with Gasteiger partial charge in [0.1, 0.15) is 11.6 Å². The Labute approximate surface area is 130 Å². The highest BCUT2D eigenvalue weighted by Gasteiger charge is 2.18. The number of halogens is 1. The first-order chi connectivity index (χ1) is 10.6. The van der Waals surface area contributed by atoms with Crippen LogP contribution >= 0.6 is 0 Å². The second-order valence-corrected chi connectivity index (χ2v) is 5.11. The maximum Gasteiger partial charge on any atom is 0.261 e. The molecule has 0 saturated heterocycles. The molecule has 2 rings (SSSR count). The molecular formula is C18H20FNO2. The number of benzene rings is 2. The van der Waals surface area contributed by atoms with Gasteiger partial charge in [0, 0.05) is 6.54 Å². The van der Waals surface area contributed by atoms with Gasteiger partial charge in [0.2, 0.25) is 0 Å². The van der Waals surface area contributed by atoms with Crippen molar-refractivity contribution in [3.63, 3.8) is 0 Å². The summed E-state index contributed by atoms with van der Waals surface area (Å²) < 4.78 is 18.5. The van der Waals surface area contributed by atoms with E-state index in [-0.39, 0.29) is 11.7 Å². The first kappa shape index (κ1) is 16.0. The molecule has 0 radical (unpaired) electrons. The molecule has 1 amide bonds. The van der Waals surface area contributed by atoms with E-state index in [1.54, 1.807) is 0 Å². The van der Waals surface area contributed by atoms with Crippen molar-refractivity contribution in [3.8, 4) is 5.75 Å². The zero-order valence-corrected chi connectivity index (χ0v) is 12.8. The number of amides is 1. The number of hydrogen-bond donors (Lipinski definition) is 1. The number of carbonyl (C=O) groups is 1. The molecule has 0 spiro atoms. The van der Waals surface area contributed by atoms with Gasteiger partial charge in [-0.3, -0.25) is 4.79 Å². The third-order valence-corrected chi connectivity index (χ3v) is 3.47. The topological polar surface area (TPSA) is 38.3 Å². The highest BCUT2D eigenvalue weighted by Crippen LogP contribution is 2.14. The number of carbonyl (C=O) groups excluding carboxylic acids is 1. The quantitative estimate of drug-likeness (QED) is 0.885. The number of hydrogen-bond acceptors (Lipinski definition) is 2. The molecule has 0 aliphatic heterocycles. The van der Waals surface area contributed by atoms with Gasteiger partial charge >= 0.3 is 0 Å². The zero-order chi connectivity index (χ0) is 15.9. The summed E-state index contributed by atoms with van der Waals surface area (Å²) in [6, 6.07) is 13.6. The molecular weight excluding hydrogens is 281 g/mol. The van der Waals surface area contributed by atoms with Gasteiger partial charge in [-0.15, -0.1) is 0 Å². The molecule has 0 fully saturated rings. The molecule has 0 heterocycles.